The quantitative estimate of drug-likeness (QED) is 0.785. The number of pyridine rings is 2. The Bertz CT molecular complexity index is 692. The van der Waals surface area contributed by atoms with Crippen molar-refractivity contribution in [2.75, 3.05) is 0 Å². The van der Waals surface area contributed by atoms with Crippen LogP contribution in [0.2, 0.25) is 0 Å². The fourth-order valence-electron chi connectivity index (χ4n) is 2.38. The maximum Gasteiger partial charge on any atom is 0.312 e. The van der Waals surface area contributed by atoms with Crippen LogP contribution in [0.25, 0.3) is 0 Å². The zero-order chi connectivity index (χ0) is 13.4. The van der Waals surface area contributed by atoms with Crippen LogP contribution >= 0.6 is 0 Å². The third-order valence-electron chi connectivity index (χ3n) is 3.20. The van der Waals surface area contributed by atoms with Gasteiger partial charge in [-0.2, -0.15) is 0 Å². The molecule has 0 fully saturated rings. The van der Waals surface area contributed by atoms with Gasteiger partial charge in [0, 0.05) is 30.1 Å². The van der Waals surface area contributed by atoms with Gasteiger partial charge in [-0.25, -0.2) is 0 Å². The first-order valence-corrected chi connectivity index (χ1v) is 5.99. The first kappa shape index (κ1) is 11.6. The van der Waals surface area contributed by atoms with Crippen LogP contribution in [0.4, 0.5) is 0 Å². The number of fused-ring (bicyclic) bond motifs is 1. The number of ether oxygens (including phenoxy) is 1. The second-order valence-corrected chi connectivity index (χ2v) is 4.58. The predicted octanol–water partition coefficient (Wildman–Crippen LogP) is 1.52. The molecule has 3 heterocycles. The minimum atomic E-state index is -0.327. The minimum absolute atomic E-state index is 0.158. The van der Waals surface area contributed by atoms with Gasteiger partial charge in [0.1, 0.15) is 5.75 Å². The first-order chi connectivity index (χ1) is 9.15. The lowest BCUT2D eigenvalue weighted by atomic mass is 9.88. The molecule has 1 N–H and O–H groups in total. The summed E-state index contributed by atoms with van der Waals surface area (Å²) in [5.74, 6) is -0.271. The van der Waals surface area contributed by atoms with Crippen molar-refractivity contribution < 1.29 is 9.53 Å². The van der Waals surface area contributed by atoms with E-state index < -0.39 is 0 Å². The van der Waals surface area contributed by atoms with Gasteiger partial charge in [0.05, 0.1) is 12.0 Å². The Morgan fingerprint density at radius 3 is 3.00 bits per heavy atom. The Morgan fingerprint density at radius 1 is 1.42 bits per heavy atom. The molecule has 96 valence electrons. The molecule has 0 amide bonds. The maximum atomic E-state index is 12.1. The summed E-state index contributed by atoms with van der Waals surface area (Å²) >= 11 is 0. The summed E-state index contributed by atoms with van der Waals surface area (Å²) in [5.41, 5.74) is 1.80. The number of hydrogen-bond acceptors (Lipinski definition) is 4. The number of esters is 1. The van der Waals surface area contributed by atoms with E-state index in [1.54, 1.807) is 31.5 Å². The zero-order valence-electron chi connectivity index (χ0n) is 10.3. The van der Waals surface area contributed by atoms with Crippen molar-refractivity contribution in [2.24, 2.45) is 0 Å². The van der Waals surface area contributed by atoms with Crippen LogP contribution in [0.5, 0.6) is 5.75 Å². The number of nitrogens with zero attached hydrogens (tertiary/aromatic N) is 1. The summed E-state index contributed by atoms with van der Waals surface area (Å²) < 4.78 is 5.17. The molecule has 0 aromatic carbocycles. The predicted molar refractivity (Wildman–Crippen MR) is 68.1 cm³/mol. The largest absolute Gasteiger partial charge is 0.426 e. The number of rotatable bonds is 1. The number of hydrogen-bond donors (Lipinski definition) is 1. The molecule has 5 heteroatoms. The third-order valence-corrected chi connectivity index (χ3v) is 3.20. The lowest BCUT2D eigenvalue weighted by Gasteiger charge is -2.23. The molecule has 2 aromatic rings. The Labute approximate surface area is 109 Å². The van der Waals surface area contributed by atoms with Crippen LogP contribution in [-0.2, 0) is 4.79 Å². The molecular formula is C14H12N2O3. The summed E-state index contributed by atoms with van der Waals surface area (Å²) in [6.45, 7) is 1.75. The molecule has 5 nitrogen and oxygen atoms in total. The monoisotopic (exact) mass is 256 g/mol. The normalized spacial score (nSPS) is 17.7. The Kier molecular flexibility index (Phi) is 2.67. The van der Waals surface area contributed by atoms with E-state index in [4.69, 9.17) is 4.74 Å². The van der Waals surface area contributed by atoms with E-state index in [2.05, 4.69) is 9.97 Å². The molecule has 2 aromatic heterocycles. The molecule has 1 atom stereocenters. The number of aromatic nitrogens is 2. The highest BCUT2D eigenvalue weighted by molar-refractivity contribution is 5.77. The fourth-order valence-corrected chi connectivity index (χ4v) is 2.38. The molecule has 0 bridgehead atoms. The number of H-pyrrole nitrogens is 1. The van der Waals surface area contributed by atoms with Gasteiger partial charge in [0.15, 0.2) is 0 Å². The number of carbonyl (C=O) groups excluding carboxylic acids is 1. The van der Waals surface area contributed by atoms with Crippen LogP contribution in [-0.4, -0.2) is 15.9 Å². The van der Waals surface area contributed by atoms with Crippen molar-refractivity contribution in [3.05, 3.63) is 57.8 Å². The lowest BCUT2D eigenvalue weighted by molar-refractivity contribution is -0.135. The highest BCUT2D eigenvalue weighted by Gasteiger charge is 2.31. The molecule has 1 aliphatic heterocycles. The number of aryl methyl sites for hydroxylation is 1. The van der Waals surface area contributed by atoms with E-state index >= 15 is 0 Å². The van der Waals surface area contributed by atoms with Crippen LogP contribution in [0.3, 0.4) is 0 Å². The first-order valence-electron chi connectivity index (χ1n) is 5.99. The summed E-state index contributed by atoms with van der Waals surface area (Å²) in [5, 5.41) is 0. The molecular weight excluding hydrogens is 244 g/mol. The second-order valence-electron chi connectivity index (χ2n) is 4.58. The average Bonchev–Trinajstić information content (AvgIpc) is 2.38. The van der Waals surface area contributed by atoms with Crippen LogP contribution in [0.15, 0.2) is 35.4 Å². The smallest absolute Gasteiger partial charge is 0.312 e. The van der Waals surface area contributed by atoms with Crippen molar-refractivity contribution in [2.45, 2.75) is 19.3 Å². The number of carbonyl (C=O) groups is 1. The molecule has 0 spiro atoms. The van der Waals surface area contributed by atoms with Crippen molar-refractivity contribution >= 4 is 5.97 Å². The highest BCUT2D eigenvalue weighted by Crippen LogP contribution is 2.35. The van der Waals surface area contributed by atoms with E-state index in [0.29, 0.717) is 17.0 Å². The van der Waals surface area contributed by atoms with E-state index in [-0.39, 0.29) is 23.9 Å². The third kappa shape index (κ3) is 2.03. The maximum absolute atomic E-state index is 12.1. The fraction of sp³-hybridized carbons (Fsp3) is 0.214. The zero-order valence-corrected chi connectivity index (χ0v) is 10.3. The molecule has 19 heavy (non-hydrogen) atoms. The molecule has 0 radical (unpaired) electrons. The summed E-state index contributed by atoms with van der Waals surface area (Å²) in [4.78, 5) is 30.6. The topological polar surface area (TPSA) is 72.0 Å². The van der Waals surface area contributed by atoms with Crippen molar-refractivity contribution in [1.82, 2.24) is 9.97 Å². The van der Waals surface area contributed by atoms with Crippen LogP contribution in [0.1, 0.15) is 29.2 Å². The van der Waals surface area contributed by atoms with Crippen molar-refractivity contribution in [3.8, 4) is 5.75 Å². The van der Waals surface area contributed by atoms with Gasteiger partial charge in [-0.15, -0.1) is 0 Å². The second kappa shape index (κ2) is 4.35. The Morgan fingerprint density at radius 2 is 2.26 bits per heavy atom. The Balaban J connectivity index is 2.20. The van der Waals surface area contributed by atoms with E-state index in [1.165, 1.54) is 0 Å². The van der Waals surface area contributed by atoms with Gasteiger partial charge >= 0.3 is 5.97 Å². The van der Waals surface area contributed by atoms with Crippen molar-refractivity contribution in [3.63, 3.8) is 0 Å². The number of aromatic amines is 1. The number of nitrogens with one attached hydrogen (secondary N) is 1. The summed E-state index contributed by atoms with van der Waals surface area (Å²) in [6.07, 6.45) is 3.49. The van der Waals surface area contributed by atoms with Crippen LogP contribution in [0, 0.1) is 6.92 Å². The average molecular weight is 256 g/mol. The van der Waals surface area contributed by atoms with Gasteiger partial charge in [-0.3, -0.25) is 14.6 Å². The van der Waals surface area contributed by atoms with Crippen molar-refractivity contribution in [1.29, 1.82) is 0 Å². The van der Waals surface area contributed by atoms with E-state index in [9.17, 15) is 9.59 Å². The van der Waals surface area contributed by atoms with E-state index in [0.717, 1.165) is 5.56 Å². The highest BCUT2D eigenvalue weighted by atomic mass is 16.5. The van der Waals surface area contributed by atoms with Gasteiger partial charge in [0.25, 0.3) is 5.56 Å². The van der Waals surface area contributed by atoms with Gasteiger partial charge < -0.3 is 9.72 Å². The Hall–Kier alpha value is -2.43. The van der Waals surface area contributed by atoms with Gasteiger partial charge in [0.2, 0.25) is 0 Å². The standard InChI is InChI=1S/C14H12N2O3/c1-8-5-11-13(14(18)16-8)10(6-12(17)19-11)9-3-2-4-15-7-9/h2-5,7,10H,6H2,1H3,(H,16,18)/t10-/m0/s1. The van der Waals surface area contributed by atoms with Gasteiger partial charge in [-0.1, -0.05) is 6.07 Å². The molecule has 0 saturated carbocycles. The summed E-state index contributed by atoms with van der Waals surface area (Å²) in [7, 11) is 0. The van der Waals surface area contributed by atoms with E-state index in [1.807, 2.05) is 6.07 Å². The SMILES string of the molecule is Cc1cc2c(c(=O)[nH]1)[C@H](c1cccnc1)CC(=O)O2. The minimum Gasteiger partial charge on any atom is -0.426 e. The molecule has 3 rings (SSSR count). The van der Waals surface area contributed by atoms with Gasteiger partial charge in [-0.05, 0) is 18.6 Å². The molecule has 0 aliphatic carbocycles. The van der Waals surface area contributed by atoms with Crippen LogP contribution < -0.4 is 10.3 Å². The molecule has 0 unspecified atom stereocenters. The summed E-state index contributed by atoms with van der Waals surface area (Å²) in [6, 6.07) is 5.33. The lowest BCUT2D eigenvalue weighted by Crippen LogP contribution is -2.28. The molecule has 1 aliphatic rings. The molecule has 0 saturated heterocycles.